The van der Waals surface area contributed by atoms with Crippen molar-refractivity contribution in [2.24, 2.45) is 16.6 Å². The van der Waals surface area contributed by atoms with Crippen molar-refractivity contribution in [1.29, 1.82) is 0 Å². The van der Waals surface area contributed by atoms with Crippen molar-refractivity contribution >= 4 is 11.9 Å². The van der Waals surface area contributed by atoms with Crippen LogP contribution in [0.25, 0.3) is 0 Å². The Balaban J connectivity index is 4.05. The lowest BCUT2D eigenvalue weighted by atomic mass is 10.3. The van der Waals surface area contributed by atoms with Crippen molar-refractivity contribution in [2.75, 3.05) is 6.54 Å². The van der Waals surface area contributed by atoms with Crippen LogP contribution in [0.15, 0.2) is 5.16 Å². The lowest BCUT2D eigenvalue weighted by Crippen LogP contribution is -2.42. The molecule has 5 N–H and O–H groups in total. The van der Waals surface area contributed by atoms with Crippen molar-refractivity contribution in [2.45, 2.75) is 26.3 Å². The van der Waals surface area contributed by atoms with Gasteiger partial charge in [0, 0.05) is 19.0 Å². The number of amidine groups is 1. The Morgan fingerprint density at radius 2 is 2.08 bits per heavy atom. The Hall–Kier alpha value is -1.46. The molecule has 76 valence electrons. The van der Waals surface area contributed by atoms with E-state index in [2.05, 4.69) is 5.16 Å². The van der Waals surface area contributed by atoms with Gasteiger partial charge < -0.3 is 21.6 Å². The lowest BCUT2D eigenvalue weighted by molar-refractivity contribution is 0.194. The van der Waals surface area contributed by atoms with Gasteiger partial charge in [-0.15, -0.1) is 0 Å². The molecule has 0 aliphatic carbocycles. The Morgan fingerprint density at radius 1 is 1.54 bits per heavy atom. The van der Waals surface area contributed by atoms with Gasteiger partial charge in [0.05, 0.1) is 0 Å². The molecule has 0 radical (unpaired) electrons. The number of carbonyl (C=O) groups excluding carboxylic acids is 1. The van der Waals surface area contributed by atoms with Gasteiger partial charge in [-0.3, -0.25) is 0 Å². The molecule has 0 fully saturated rings. The second kappa shape index (κ2) is 5.23. The molecule has 0 aromatic carbocycles. The summed E-state index contributed by atoms with van der Waals surface area (Å²) >= 11 is 0. The average Bonchev–Trinajstić information content (AvgIpc) is 2.03. The van der Waals surface area contributed by atoms with Gasteiger partial charge in [0.25, 0.3) is 0 Å². The first kappa shape index (κ1) is 11.5. The first-order chi connectivity index (χ1) is 5.99. The summed E-state index contributed by atoms with van der Waals surface area (Å²) in [6, 6.07) is -0.482. The van der Waals surface area contributed by atoms with E-state index in [4.69, 9.17) is 16.7 Å². The van der Waals surface area contributed by atoms with Crippen LogP contribution in [0.2, 0.25) is 0 Å². The third kappa shape index (κ3) is 4.19. The molecule has 0 aliphatic rings. The van der Waals surface area contributed by atoms with E-state index in [9.17, 15) is 4.79 Å². The molecule has 13 heavy (non-hydrogen) atoms. The summed E-state index contributed by atoms with van der Waals surface area (Å²) in [6.07, 6.45) is 0.317. The molecule has 6 nitrogen and oxygen atoms in total. The van der Waals surface area contributed by atoms with Crippen LogP contribution >= 0.6 is 0 Å². The lowest BCUT2D eigenvalue weighted by Gasteiger charge is -2.23. The number of carbonyl (C=O) groups is 1. The molecule has 0 saturated carbocycles. The fourth-order valence-electron chi connectivity index (χ4n) is 0.908. The Morgan fingerprint density at radius 3 is 2.38 bits per heavy atom. The smallest absolute Gasteiger partial charge is 0.315 e. The predicted molar refractivity (Wildman–Crippen MR) is 49.5 cm³/mol. The maximum atomic E-state index is 10.8. The summed E-state index contributed by atoms with van der Waals surface area (Å²) in [6.45, 7) is 4.05. The van der Waals surface area contributed by atoms with Gasteiger partial charge in [-0.1, -0.05) is 5.16 Å². The minimum absolute atomic E-state index is 0.0176. The van der Waals surface area contributed by atoms with Gasteiger partial charge in [-0.25, -0.2) is 4.79 Å². The molecule has 6 heteroatoms. The number of nitrogens with two attached hydrogens (primary N) is 2. The van der Waals surface area contributed by atoms with Crippen LogP contribution in [0, 0.1) is 0 Å². The first-order valence-electron chi connectivity index (χ1n) is 4.01. The van der Waals surface area contributed by atoms with Crippen LogP contribution < -0.4 is 11.5 Å². The molecule has 0 heterocycles. The minimum Gasteiger partial charge on any atom is -0.409 e. The summed E-state index contributed by atoms with van der Waals surface area (Å²) in [5, 5.41) is 11.0. The molecule has 0 spiro atoms. The average molecular weight is 188 g/mol. The molecule has 0 aromatic heterocycles. The number of oxime groups is 1. The van der Waals surface area contributed by atoms with Crippen molar-refractivity contribution in [3.63, 3.8) is 0 Å². The van der Waals surface area contributed by atoms with E-state index < -0.39 is 6.03 Å². The predicted octanol–water partition coefficient (Wildman–Crippen LogP) is -0.0880. The van der Waals surface area contributed by atoms with E-state index in [0.29, 0.717) is 13.0 Å². The van der Waals surface area contributed by atoms with E-state index in [0.717, 1.165) is 0 Å². The topological polar surface area (TPSA) is 105 Å². The van der Waals surface area contributed by atoms with E-state index in [-0.39, 0.29) is 11.9 Å². The van der Waals surface area contributed by atoms with Crippen molar-refractivity contribution in [3.8, 4) is 0 Å². The summed E-state index contributed by atoms with van der Waals surface area (Å²) in [5.74, 6) is 0.0897. The number of rotatable bonds is 4. The third-order valence-electron chi connectivity index (χ3n) is 1.64. The maximum Gasteiger partial charge on any atom is 0.315 e. The molecule has 2 amide bonds. The summed E-state index contributed by atoms with van der Waals surface area (Å²) in [5.41, 5.74) is 10.4. The van der Waals surface area contributed by atoms with Gasteiger partial charge >= 0.3 is 6.03 Å². The van der Waals surface area contributed by atoms with E-state index in [1.165, 1.54) is 4.90 Å². The zero-order valence-corrected chi connectivity index (χ0v) is 7.90. The standard InChI is InChI=1S/C7H16N4O2/c1-5(2)11(7(9)12)4-3-6(8)10-13/h5,13H,3-4H2,1-2H3,(H2,8,10)(H2,9,12). The zero-order valence-electron chi connectivity index (χ0n) is 7.90. The highest BCUT2D eigenvalue weighted by molar-refractivity contribution is 5.80. The number of hydrogen-bond donors (Lipinski definition) is 3. The minimum atomic E-state index is -0.499. The van der Waals surface area contributed by atoms with Crippen molar-refractivity contribution < 1.29 is 10.0 Å². The SMILES string of the molecule is CC(C)N(CCC(N)=NO)C(N)=O. The number of primary amides is 1. The molecular weight excluding hydrogens is 172 g/mol. The van der Waals surface area contributed by atoms with E-state index >= 15 is 0 Å². The van der Waals surface area contributed by atoms with Crippen molar-refractivity contribution in [3.05, 3.63) is 0 Å². The van der Waals surface area contributed by atoms with Crippen LogP contribution in [0.1, 0.15) is 20.3 Å². The quantitative estimate of drug-likeness (QED) is 0.248. The van der Waals surface area contributed by atoms with Crippen LogP contribution in [-0.4, -0.2) is 34.6 Å². The summed E-state index contributed by atoms with van der Waals surface area (Å²) < 4.78 is 0. The van der Waals surface area contributed by atoms with Crippen LogP contribution in [0.5, 0.6) is 0 Å². The van der Waals surface area contributed by atoms with Crippen LogP contribution in [0.4, 0.5) is 4.79 Å². The number of nitrogens with zero attached hydrogens (tertiary/aromatic N) is 2. The number of urea groups is 1. The highest BCUT2D eigenvalue weighted by Crippen LogP contribution is 1.98. The van der Waals surface area contributed by atoms with E-state index in [1.807, 2.05) is 13.8 Å². The highest BCUT2D eigenvalue weighted by atomic mass is 16.4. The van der Waals surface area contributed by atoms with Gasteiger partial charge in [-0.2, -0.15) is 0 Å². The zero-order chi connectivity index (χ0) is 10.4. The number of amides is 2. The molecule has 0 aliphatic heterocycles. The van der Waals surface area contributed by atoms with Gasteiger partial charge in [-0.05, 0) is 13.8 Å². The third-order valence-corrected chi connectivity index (χ3v) is 1.64. The normalized spacial score (nSPS) is 11.8. The largest absolute Gasteiger partial charge is 0.409 e. The molecule has 0 unspecified atom stereocenters. The maximum absolute atomic E-state index is 10.8. The van der Waals surface area contributed by atoms with Gasteiger partial charge in [0.15, 0.2) is 0 Å². The highest BCUT2D eigenvalue weighted by Gasteiger charge is 2.13. The molecule has 0 saturated heterocycles. The van der Waals surface area contributed by atoms with Gasteiger partial charge in [0.1, 0.15) is 5.84 Å². The fourth-order valence-corrected chi connectivity index (χ4v) is 0.908. The van der Waals surface area contributed by atoms with Crippen LogP contribution in [-0.2, 0) is 0 Å². The van der Waals surface area contributed by atoms with Gasteiger partial charge in [0.2, 0.25) is 0 Å². The molecule has 0 atom stereocenters. The first-order valence-corrected chi connectivity index (χ1v) is 4.01. The summed E-state index contributed by atoms with van der Waals surface area (Å²) in [4.78, 5) is 12.3. The van der Waals surface area contributed by atoms with Crippen LogP contribution in [0.3, 0.4) is 0 Å². The Kier molecular flexibility index (Phi) is 4.64. The second-order valence-corrected chi connectivity index (χ2v) is 2.97. The number of hydrogen-bond acceptors (Lipinski definition) is 3. The molecule has 0 bridgehead atoms. The fraction of sp³-hybridized carbons (Fsp3) is 0.714. The Labute approximate surface area is 77.2 Å². The second-order valence-electron chi connectivity index (χ2n) is 2.97. The molecular formula is C7H16N4O2. The van der Waals surface area contributed by atoms with Crippen molar-refractivity contribution in [1.82, 2.24) is 4.90 Å². The monoisotopic (exact) mass is 188 g/mol. The molecule has 0 rings (SSSR count). The summed E-state index contributed by atoms with van der Waals surface area (Å²) in [7, 11) is 0. The van der Waals surface area contributed by atoms with E-state index in [1.54, 1.807) is 0 Å². The molecule has 0 aromatic rings. The Bertz CT molecular complexity index is 203.